The number of aryl methyl sites for hydroxylation is 2. The van der Waals surface area contributed by atoms with E-state index < -0.39 is 6.04 Å². The number of rotatable bonds is 5. The third-order valence-electron chi connectivity index (χ3n) is 6.18. The van der Waals surface area contributed by atoms with Crippen molar-refractivity contribution in [1.82, 2.24) is 19.5 Å². The maximum absolute atomic E-state index is 13.2. The van der Waals surface area contributed by atoms with E-state index in [9.17, 15) is 9.59 Å². The number of aromatic nitrogens is 3. The lowest BCUT2D eigenvalue weighted by Crippen LogP contribution is -2.44. The van der Waals surface area contributed by atoms with Crippen LogP contribution in [0.3, 0.4) is 0 Å². The summed E-state index contributed by atoms with van der Waals surface area (Å²) in [5.41, 5.74) is 1.76. The normalized spacial score (nSPS) is 21.0. The zero-order chi connectivity index (χ0) is 20.7. The van der Waals surface area contributed by atoms with Gasteiger partial charge in [0.1, 0.15) is 23.1 Å². The van der Waals surface area contributed by atoms with E-state index in [1.54, 1.807) is 6.07 Å². The Morgan fingerprint density at radius 1 is 1.24 bits per heavy atom. The van der Waals surface area contributed by atoms with E-state index in [1.165, 1.54) is 4.68 Å². The Bertz CT molecular complexity index is 1100. The molecule has 1 atom stereocenters. The van der Waals surface area contributed by atoms with E-state index in [4.69, 9.17) is 4.42 Å². The number of hydrogen-bond acceptors (Lipinski definition) is 4. The van der Waals surface area contributed by atoms with Crippen molar-refractivity contribution >= 4 is 22.5 Å². The van der Waals surface area contributed by atoms with Crippen molar-refractivity contribution in [3.8, 4) is 0 Å². The van der Waals surface area contributed by atoms with Crippen LogP contribution in [0.2, 0.25) is 0 Å². The van der Waals surface area contributed by atoms with Crippen LogP contribution in [0.25, 0.3) is 16.6 Å². The Balaban J connectivity index is 1.72. The first kappa shape index (κ1) is 19.7. The zero-order valence-corrected chi connectivity index (χ0v) is 17.7. The van der Waals surface area contributed by atoms with Crippen LogP contribution in [0.15, 0.2) is 21.3 Å². The highest BCUT2D eigenvalue weighted by molar-refractivity contribution is 5.84. The summed E-state index contributed by atoms with van der Waals surface area (Å²) in [7, 11) is 0. The second-order valence-corrected chi connectivity index (χ2v) is 8.38. The number of fused-ring (bicyclic) bond motifs is 3. The van der Waals surface area contributed by atoms with Gasteiger partial charge in [-0.25, -0.2) is 4.68 Å². The predicted octanol–water partition coefficient (Wildman–Crippen LogP) is 3.76. The van der Waals surface area contributed by atoms with Crippen LogP contribution < -0.4 is 10.9 Å². The average molecular weight is 399 g/mol. The van der Waals surface area contributed by atoms with Gasteiger partial charge in [0.25, 0.3) is 5.56 Å². The fraction of sp³-hybridized carbons (Fsp3) is 0.591. The van der Waals surface area contributed by atoms with Crippen LogP contribution in [-0.4, -0.2) is 26.1 Å². The summed E-state index contributed by atoms with van der Waals surface area (Å²) in [5.74, 6) is 2.15. The average Bonchev–Trinajstić information content (AvgIpc) is 3.22. The van der Waals surface area contributed by atoms with E-state index in [1.807, 2.05) is 31.2 Å². The van der Waals surface area contributed by atoms with Crippen molar-refractivity contribution in [2.24, 2.45) is 5.92 Å². The first-order chi connectivity index (χ1) is 13.9. The molecule has 7 nitrogen and oxygen atoms in total. The van der Waals surface area contributed by atoms with Gasteiger partial charge in [-0.1, -0.05) is 20.8 Å². The number of amides is 1. The first-order valence-electron chi connectivity index (χ1n) is 10.8. The molecule has 0 bridgehead atoms. The van der Waals surface area contributed by atoms with Crippen molar-refractivity contribution in [1.29, 1.82) is 0 Å². The van der Waals surface area contributed by atoms with E-state index in [2.05, 4.69) is 17.3 Å². The molecule has 4 rings (SSSR count). The molecule has 0 radical (unpaired) electrons. The van der Waals surface area contributed by atoms with Crippen molar-refractivity contribution in [3.05, 3.63) is 34.1 Å². The van der Waals surface area contributed by atoms with Gasteiger partial charge in [0.05, 0.1) is 5.52 Å². The molecular formula is C22H30N4O3. The molecule has 1 aliphatic rings. The number of nitrogens with one attached hydrogen (secondary N) is 1. The molecule has 1 fully saturated rings. The summed E-state index contributed by atoms with van der Waals surface area (Å²) in [6, 6.07) is 3.26. The highest BCUT2D eigenvalue weighted by atomic mass is 16.3. The van der Waals surface area contributed by atoms with Gasteiger partial charge in [0, 0.05) is 24.6 Å². The Morgan fingerprint density at radius 2 is 1.97 bits per heavy atom. The maximum atomic E-state index is 13.2. The van der Waals surface area contributed by atoms with Crippen molar-refractivity contribution in [2.45, 2.75) is 78.3 Å². The molecule has 1 aliphatic carbocycles. The number of carbonyl (C=O) groups is 1. The molecule has 1 saturated carbocycles. The molecule has 0 unspecified atom stereocenters. The van der Waals surface area contributed by atoms with Gasteiger partial charge in [-0.2, -0.15) is 5.10 Å². The van der Waals surface area contributed by atoms with Crippen LogP contribution in [0.4, 0.5) is 0 Å². The lowest BCUT2D eigenvalue weighted by molar-refractivity contribution is -0.125. The molecular weight excluding hydrogens is 368 g/mol. The molecule has 29 heavy (non-hydrogen) atoms. The molecule has 3 heterocycles. The molecule has 0 saturated heterocycles. The summed E-state index contributed by atoms with van der Waals surface area (Å²) in [4.78, 5) is 26.3. The fourth-order valence-electron chi connectivity index (χ4n) is 4.49. The topological polar surface area (TPSA) is 81.5 Å². The molecule has 156 valence electrons. The highest BCUT2D eigenvalue weighted by Gasteiger charge is 2.27. The summed E-state index contributed by atoms with van der Waals surface area (Å²) < 4.78 is 8.95. The number of furan rings is 1. The molecule has 0 aromatic carbocycles. The van der Waals surface area contributed by atoms with Gasteiger partial charge in [-0.15, -0.1) is 0 Å². The molecule has 0 aliphatic heterocycles. The molecule has 1 N–H and O–H groups in total. The lowest BCUT2D eigenvalue weighted by Gasteiger charge is -2.28. The Hall–Kier alpha value is -2.57. The quantitative estimate of drug-likeness (QED) is 0.709. The van der Waals surface area contributed by atoms with Crippen LogP contribution >= 0.6 is 0 Å². The largest absolute Gasteiger partial charge is 0.460 e. The first-order valence-corrected chi connectivity index (χ1v) is 10.8. The van der Waals surface area contributed by atoms with Crippen LogP contribution in [0.1, 0.15) is 70.5 Å². The zero-order valence-electron chi connectivity index (χ0n) is 17.7. The fourth-order valence-corrected chi connectivity index (χ4v) is 4.49. The Kier molecular flexibility index (Phi) is 5.23. The van der Waals surface area contributed by atoms with E-state index >= 15 is 0 Å². The minimum absolute atomic E-state index is 0.112. The summed E-state index contributed by atoms with van der Waals surface area (Å²) >= 11 is 0. The lowest BCUT2D eigenvalue weighted by atomic mass is 9.87. The molecule has 1 amide bonds. The standard InChI is InChI=1S/C22H30N4O3/c1-5-16(21(27)23-15-9-7-13(3)8-10-15)26-22(28)18-12-19-17(11-14(4)29-19)25(18)20(6-2)24-26/h11-13,15-16H,5-10H2,1-4H3,(H,23,27)/t13?,15?,16-/m0/s1. The van der Waals surface area contributed by atoms with Crippen LogP contribution in [0.5, 0.6) is 0 Å². The maximum Gasteiger partial charge on any atom is 0.291 e. The second kappa shape index (κ2) is 7.69. The van der Waals surface area contributed by atoms with E-state index in [0.29, 0.717) is 23.9 Å². The summed E-state index contributed by atoms with van der Waals surface area (Å²) in [6.07, 6.45) is 5.42. The Morgan fingerprint density at radius 3 is 2.62 bits per heavy atom. The third kappa shape index (κ3) is 3.47. The summed E-state index contributed by atoms with van der Waals surface area (Å²) in [6.45, 7) is 8.06. The van der Waals surface area contributed by atoms with Crippen LogP contribution in [0, 0.1) is 12.8 Å². The van der Waals surface area contributed by atoms with Gasteiger partial charge in [-0.05, 0) is 44.9 Å². The van der Waals surface area contributed by atoms with Gasteiger partial charge >= 0.3 is 0 Å². The minimum Gasteiger partial charge on any atom is -0.460 e. The van der Waals surface area contributed by atoms with Crippen LogP contribution in [-0.2, 0) is 11.2 Å². The number of hydrogen-bond donors (Lipinski definition) is 1. The summed E-state index contributed by atoms with van der Waals surface area (Å²) in [5, 5.41) is 7.78. The van der Waals surface area contributed by atoms with Crippen molar-refractivity contribution in [3.63, 3.8) is 0 Å². The van der Waals surface area contributed by atoms with Crippen molar-refractivity contribution < 1.29 is 9.21 Å². The smallest absolute Gasteiger partial charge is 0.291 e. The number of nitrogens with zero attached hydrogens (tertiary/aromatic N) is 3. The monoisotopic (exact) mass is 398 g/mol. The molecule has 3 aromatic heterocycles. The van der Waals surface area contributed by atoms with Gasteiger partial charge in [0.2, 0.25) is 5.91 Å². The molecule has 0 spiro atoms. The van der Waals surface area contributed by atoms with Gasteiger partial charge in [-0.3, -0.25) is 14.0 Å². The van der Waals surface area contributed by atoms with Gasteiger partial charge < -0.3 is 9.73 Å². The third-order valence-corrected chi connectivity index (χ3v) is 6.18. The number of carbonyl (C=O) groups excluding carboxylic acids is 1. The highest BCUT2D eigenvalue weighted by Crippen LogP contribution is 2.25. The molecule has 3 aromatic rings. The van der Waals surface area contributed by atoms with E-state index in [0.717, 1.165) is 48.7 Å². The minimum atomic E-state index is -0.611. The predicted molar refractivity (Wildman–Crippen MR) is 112 cm³/mol. The van der Waals surface area contributed by atoms with E-state index in [-0.39, 0.29) is 17.5 Å². The second-order valence-electron chi connectivity index (χ2n) is 8.38. The molecule has 7 heteroatoms. The SMILES string of the molecule is CCc1nn([C@@H](CC)C(=O)NC2CCC(C)CC2)c(=O)c2cc3oc(C)cc3n12. The van der Waals surface area contributed by atoms with Gasteiger partial charge in [0.15, 0.2) is 5.58 Å². The van der Waals surface area contributed by atoms with Crippen molar-refractivity contribution in [2.75, 3.05) is 0 Å². The Labute approximate surface area is 170 Å².